The third-order valence-corrected chi connectivity index (χ3v) is 2.75. The summed E-state index contributed by atoms with van der Waals surface area (Å²) in [7, 11) is 0. The first kappa shape index (κ1) is 10.5. The summed E-state index contributed by atoms with van der Waals surface area (Å²) in [6, 6.07) is 4.27. The lowest BCUT2D eigenvalue weighted by Crippen LogP contribution is -2.26. The van der Waals surface area contributed by atoms with E-state index in [0.717, 1.165) is 0 Å². The first-order valence-corrected chi connectivity index (χ1v) is 4.53. The molecule has 3 heteroatoms. The van der Waals surface area contributed by atoms with E-state index < -0.39 is 0 Å². The van der Waals surface area contributed by atoms with Gasteiger partial charge in [-0.05, 0) is 36.5 Å². The molecule has 1 aromatic heterocycles. The van der Waals surface area contributed by atoms with Crippen LogP contribution in [0.25, 0.3) is 0 Å². The topological polar surface area (TPSA) is 38.9 Å². The molecule has 1 heterocycles. The summed E-state index contributed by atoms with van der Waals surface area (Å²) in [4.78, 5) is 3.98. The maximum absolute atomic E-state index is 6.07. The van der Waals surface area contributed by atoms with Crippen molar-refractivity contribution in [3.05, 3.63) is 30.1 Å². The van der Waals surface area contributed by atoms with Crippen molar-refractivity contribution in [2.75, 3.05) is 0 Å². The third kappa shape index (κ3) is 2.20. The summed E-state index contributed by atoms with van der Waals surface area (Å²) in [6.07, 6.45) is 7.57. The van der Waals surface area contributed by atoms with Crippen molar-refractivity contribution < 1.29 is 0 Å². The lowest BCUT2D eigenvalue weighted by molar-refractivity contribution is 0.264. The maximum Gasteiger partial charge on any atom is 0.0324 e. The van der Waals surface area contributed by atoms with Gasteiger partial charge in [-0.25, -0.2) is 0 Å². The van der Waals surface area contributed by atoms with Crippen molar-refractivity contribution in [2.24, 2.45) is 11.7 Å². The summed E-state index contributed by atoms with van der Waals surface area (Å²) >= 11 is 0. The summed E-state index contributed by atoms with van der Waals surface area (Å²) in [5.41, 5.74) is 7.30. The Balaban J connectivity index is 0.000000845. The highest BCUT2D eigenvalue weighted by atomic mass is 35.5. The SMILES string of the molecule is Cl.NC(c1ccncc1)C1CCC1. The van der Waals surface area contributed by atoms with Gasteiger partial charge in [0.25, 0.3) is 0 Å². The molecule has 0 spiro atoms. The quantitative estimate of drug-likeness (QED) is 0.792. The lowest BCUT2D eigenvalue weighted by atomic mass is 9.78. The highest BCUT2D eigenvalue weighted by Gasteiger charge is 2.25. The van der Waals surface area contributed by atoms with Crippen LogP contribution in [0.5, 0.6) is 0 Å². The molecular weight excluding hydrogens is 184 g/mol. The third-order valence-electron chi connectivity index (χ3n) is 2.75. The van der Waals surface area contributed by atoms with E-state index in [4.69, 9.17) is 5.73 Å². The Hall–Kier alpha value is -0.600. The molecule has 0 amide bonds. The monoisotopic (exact) mass is 198 g/mol. The van der Waals surface area contributed by atoms with Gasteiger partial charge in [0.2, 0.25) is 0 Å². The predicted octanol–water partition coefficient (Wildman–Crippen LogP) is 2.30. The van der Waals surface area contributed by atoms with Crippen molar-refractivity contribution in [1.82, 2.24) is 4.98 Å². The minimum Gasteiger partial charge on any atom is -0.324 e. The van der Waals surface area contributed by atoms with Crippen LogP contribution in [0.3, 0.4) is 0 Å². The maximum atomic E-state index is 6.07. The van der Waals surface area contributed by atoms with Crippen LogP contribution in [0.1, 0.15) is 30.9 Å². The van der Waals surface area contributed by atoms with Crippen LogP contribution in [0.2, 0.25) is 0 Å². The van der Waals surface area contributed by atoms with Crippen LogP contribution < -0.4 is 5.73 Å². The van der Waals surface area contributed by atoms with E-state index in [0.29, 0.717) is 5.92 Å². The number of hydrogen-bond donors (Lipinski definition) is 1. The Morgan fingerprint density at radius 1 is 1.31 bits per heavy atom. The molecule has 1 saturated carbocycles. The average Bonchev–Trinajstić information content (AvgIpc) is 2.03. The molecule has 1 fully saturated rings. The second-order valence-electron chi connectivity index (χ2n) is 3.50. The summed E-state index contributed by atoms with van der Waals surface area (Å²) in [5.74, 6) is 0.715. The predicted molar refractivity (Wildman–Crippen MR) is 55.8 cm³/mol. The Labute approximate surface area is 85.0 Å². The molecule has 1 unspecified atom stereocenters. The Bertz CT molecular complexity index is 246. The Morgan fingerprint density at radius 2 is 1.92 bits per heavy atom. The van der Waals surface area contributed by atoms with E-state index in [1.54, 1.807) is 0 Å². The number of nitrogens with zero attached hydrogens (tertiary/aromatic N) is 1. The fourth-order valence-corrected chi connectivity index (χ4v) is 1.66. The van der Waals surface area contributed by atoms with Gasteiger partial charge in [-0.1, -0.05) is 6.42 Å². The van der Waals surface area contributed by atoms with Gasteiger partial charge in [0, 0.05) is 18.4 Å². The molecular formula is C10H15ClN2. The first-order valence-electron chi connectivity index (χ1n) is 4.53. The number of hydrogen-bond acceptors (Lipinski definition) is 2. The van der Waals surface area contributed by atoms with Crippen LogP contribution in [-0.2, 0) is 0 Å². The van der Waals surface area contributed by atoms with Gasteiger partial charge in [0.1, 0.15) is 0 Å². The van der Waals surface area contributed by atoms with Gasteiger partial charge in [0.15, 0.2) is 0 Å². The van der Waals surface area contributed by atoms with Crippen molar-refractivity contribution in [2.45, 2.75) is 25.3 Å². The molecule has 13 heavy (non-hydrogen) atoms. The van der Waals surface area contributed by atoms with Crippen molar-refractivity contribution in [3.8, 4) is 0 Å². The van der Waals surface area contributed by atoms with Crippen LogP contribution >= 0.6 is 12.4 Å². The minimum absolute atomic E-state index is 0. The molecule has 2 N–H and O–H groups in total. The molecule has 0 bridgehead atoms. The molecule has 2 rings (SSSR count). The molecule has 1 aliphatic rings. The Kier molecular flexibility index (Phi) is 3.70. The van der Waals surface area contributed by atoms with E-state index in [2.05, 4.69) is 4.98 Å². The van der Waals surface area contributed by atoms with Gasteiger partial charge in [0.05, 0.1) is 0 Å². The molecule has 0 aromatic carbocycles. The van der Waals surface area contributed by atoms with Crippen LogP contribution in [0, 0.1) is 5.92 Å². The number of halogens is 1. The van der Waals surface area contributed by atoms with E-state index in [1.807, 2.05) is 24.5 Å². The van der Waals surface area contributed by atoms with Crippen LogP contribution in [-0.4, -0.2) is 4.98 Å². The summed E-state index contributed by atoms with van der Waals surface area (Å²) in [6.45, 7) is 0. The molecule has 1 aromatic rings. The molecule has 2 nitrogen and oxygen atoms in total. The zero-order valence-electron chi connectivity index (χ0n) is 7.52. The number of nitrogens with two attached hydrogens (primary N) is 1. The van der Waals surface area contributed by atoms with Crippen molar-refractivity contribution in [1.29, 1.82) is 0 Å². The van der Waals surface area contributed by atoms with E-state index in [9.17, 15) is 0 Å². The van der Waals surface area contributed by atoms with Crippen molar-refractivity contribution >= 4 is 12.4 Å². The fraction of sp³-hybridized carbons (Fsp3) is 0.500. The van der Waals surface area contributed by atoms with Gasteiger partial charge in [-0.15, -0.1) is 12.4 Å². The van der Waals surface area contributed by atoms with E-state index >= 15 is 0 Å². The normalized spacial score (nSPS) is 18.5. The second kappa shape index (κ2) is 4.58. The molecule has 1 aliphatic carbocycles. The van der Waals surface area contributed by atoms with Gasteiger partial charge in [-0.3, -0.25) is 4.98 Å². The van der Waals surface area contributed by atoms with Crippen LogP contribution in [0.4, 0.5) is 0 Å². The molecule has 72 valence electrons. The second-order valence-corrected chi connectivity index (χ2v) is 3.50. The van der Waals surface area contributed by atoms with Crippen molar-refractivity contribution in [3.63, 3.8) is 0 Å². The summed E-state index contributed by atoms with van der Waals surface area (Å²) in [5, 5.41) is 0. The summed E-state index contributed by atoms with van der Waals surface area (Å²) < 4.78 is 0. The smallest absolute Gasteiger partial charge is 0.0324 e. The minimum atomic E-state index is 0. The zero-order valence-corrected chi connectivity index (χ0v) is 8.33. The molecule has 0 radical (unpaired) electrons. The molecule has 1 atom stereocenters. The Morgan fingerprint density at radius 3 is 2.38 bits per heavy atom. The van der Waals surface area contributed by atoms with Gasteiger partial charge >= 0.3 is 0 Å². The average molecular weight is 199 g/mol. The fourth-order valence-electron chi connectivity index (χ4n) is 1.66. The van der Waals surface area contributed by atoms with Gasteiger partial charge < -0.3 is 5.73 Å². The van der Waals surface area contributed by atoms with Gasteiger partial charge in [-0.2, -0.15) is 0 Å². The van der Waals surface area contributed by atoms with E-state index in [-0.39, 0.29) is 18.4 Å². The highest BCUT2D eigenvalue weighted by molar-refractivity contribution is 5.85. The largest absolute Gasteiger partial charge is 0.324 e. The van der Waals surface area contributed by atoms with Crippen LogP contribution in [0.15, 0.2) is 24.5 Å². The molecule has 0 aliphatic heterocycles. The lowest BCUT2D eigenvalue weighted by Gasteiger charge is -2.31. The zero-order chi connectivity index (χ0) is 8.39. The number of aromatic nitrogens is 1. The first-order chi connectivity index (χ1) is 5.88. The number of rotatable bonds is 2. The molecule has 0 saturated heterocycles. The standard InChI is InChI=1S/C10H14N2.ClH/c11-10(8-2-1-3-8)9-4-6-12-7-5-9;/h4-8,10H,1-3,11H2;1H. The highest BCUT2D eigenvalue weighted by Crippen LogP contribution is 2.35. The van der Waals surface area contributed by atoms with E-state index in [1.165, 1.54) is 24.8 Å². The number of pyridine rings is 1.